The summed E-state index contributed by atoms with van der Waals surface area (Å²) in [6, 6.07) is 0. The molecule has 5 heteroatoms. The monoisotopic (exact) mass is 234 g/mol. The molecule has 0 aromatic carbocycles. The van der Waals surface area contributed by atoms with Gasteiger partial charge in [0.1, 0.15) is 6.61 Å². The molecular weight excluding hydrogens is 212 g/mol. The molecule has 5 nitrogen and oxygen atoms in total. The molecule has 1 unspecified atom stereocenters. The van der Waals surface area contributed by atoms with E-state index in [4.69, 9.17) is 18.9 Å². The van der Waals surface area contributed by atoms with Crippen LogP contribution < -0.4 is 0 Å². The number of ether oxygens (including phenoxy) is 4. The highest BCUT2D eigenvalue weighted by molar-refractivity contribution is 5.65. The third-order valence-corrected chi connectivity index (χ3v) is 1.88. The highest BCUT2D eigenvalue weighted by Gasteiger charge is 2.05. The third kappa shape index (κ3) is 9.89. The SMILES string of the molecule is CCOC(CCCOCCOC(C)=O)OC. The summed E-state index contributed by atoms with van der Waals surface area (Å²) < 4.78 is 20.4. The number of esters is 1. The van der Waals surface area contributed by atoms with Gasteiger partial charge in [0.25, 0.3) is 0 Å². The van der Waals surface area contributed by atoms with Gasteiger partial charge in [0.15, 0.2) is 6.29 Å². The van der Waals surface area contributed by atoms with Crippen molar-refractivity contribution >= 4 is 5.97 Å². The van der Waals surface area contributed by atoms with E-state index in [1.54, 1.807) is 7.11 Å². The summed E-state index contributed by atoms with van der Waals surface area (Å²) in [6.07, 6.45) is 1.51. The van der Waals surface area contributed by atoms with Crippen LogP contribution >= 0.6 is 0 Å². The lowest BCUT2D eigenvalue weighted by Gasteiger charge is -2.14. The van der Waals surface area contributed by atoms with Crippen LogP contribution in [0, 0.1) is 0 Å². The normalized spacial score (nSPS) is 12.4. The van der Waals surface area contributed by atoms with Crippen LogP contribution in [0.4, 0.5) is 0 Å². The van der Waals surface area contributed by atoms with Crippen molar-refractivity contribution in [2.24, 2.45) is 0 Å². The number of carbonyl (C=O) groups excluding carboxylic acids is 1. The van der Waals surface area contributed by atoms with Gasteiger partial charge in [-0.1, -0.05) is 0 Å². The quantitative estimate of drug-likeness (QED) is 0.324. The largest absolute Gasteiger partial charge is 0.463 e. The van der Waals surface area contributed by atoms with E-state index in [0.29, 0.717) is 26.4 Å². The summed E-state index contributed by atoms with van der Waals surface area (Å²) >= 11 is 0. The van der Waals surface area contributed by atoms with Gasteiger partial charge in [0.2, 0.25) is 0 Å². The first-order chi connectivity index (χ1) is 7.70. The van der Waals surface area contributed by atoms with E-state index in [1.807, 2.05) is 6.92 Å². The number of methoxy groups -OCH3 is 1. The minimum Gasteiger partial charge on any atom is -0.463 e. The van der Waals surface area contributed by atoms with E-state index in [9.17, 15) is 4.79 Å². The maximum atomic E-state index is 10.4. The van der Waals surface area contributed by atoms with Crippen LogP contribution in [0.3, 0.4) is 0 Å². The van der Waals surface area contributed by atoms with Crippen molar-refractivity contribution in [2.45, 2.75) is 33.0 Å². The van der Waals surface area contributed by atoms with Crippen LogP contribution in [-0.2, 0) is 23.7 Å². The molecular formula is C11H22O5. The predicted octanol–water partition coefficient (Wildman–Crippen LogP) is 1.36. The van der Waals surface area contributed by atoms with E-state index in [0.717, 1.165) is 12.8 Å². The Hall–Kier alpha value is -0.650. The maximum Gasteiger partial charge on any atom is 0.302 e. The fraction of sp³-hybridized carbons (Fsp3) is 0.909. The second-order valence-corrected chi connectivity index (χ2v) is 3.22. The Balaban J connectivity index is 3.22. The molecule has 16 heavy (non-hydrogen) atoms. The van der Waals surface area contributed by atoms with Crippen molar-refractivity contribution in [1.82, 2.24) is 0 Å². The lowest BCUT2D eigenvalue weighted by Crippen LogP contribution is -2.16. The summed E-state index contributed by atoms with van der Waals surface area (Å²) in [4.78, 5) is 10.4. The molecule has 0 spiro atoms. The summed E-state index contributed by atoms with van der Waals surface area (Å²) in [5.74, 6) is -0.278. The Morgan fingerprint density at radius 3 is 2.56 bits per heavy atom. The van der Waals surface area contributed by atoms with Gasteiger partial charge in [-0.25, -0.2) is 0 Å². The molecule has 96 valence electrons. The Morgan fingerprint density at radius 2 is 2.00 bits per heavy atom. The molecule has 0 aliphatic heterocycles. The molecule has 0 rings (SSSR count). The van der Waals surface area contributed by atoms with Crippen molar-refractivity contribution in [1.29, 1.82) is 0 Å². The molecule has 0 bridgehead atoms. The number of hydrogen-bond donors (Lipinski definition) is 0. The van der Waals surface area contributed by atoms with Crippen LogP contribution in [0.5, 0.6) is 0 Å². The molecule has 0 radical (unpaired) electrons. The number of hydrogen-bond acceptors (Lipinski definition) is 5. The zero-order valence-corrected chi connectivity index (χ0v) is 10.4. The molecule has 0 aromatic rings. The molecule has 0 aliphatic carbocycles. The van der Waals surface area contributed by atoms with Gasteiger partial charge in [-0.05, 0) is 13.3 Å². The molecule has 0 saturated carbocycles. The minimum atomic E-state index is -0.278. The van der Waals surface area contributed by atoms with Gasteiger partial charge in [-0.2, -0.15) is 0 Å². The molecule has 0 fully saturated rings. The first-order valence-electron chi connectivity index (χ1n) is 5.56. The Morgan fingerprint density at radius 1 is 1.25 bits per heavy atom. The van der Waals surface area contributed by atoms with Crippen molar-refractivity contribution in [3.05, 3.63) is 0 Å². The van der Waals surface area contributed by atoms with Crippen molar-refractivity contribution in [3.8, 4) is 0 Å². The van der Waals surface area contributed by atoms with Gasteiger partial charge in [0.05, 0.1) is 6.61 Å². The van der Waals surface area contributed by atoms with Crippen LogP contribution in [-0.4, -0.2) is 45.8 Å². The predicted molar refractivity (Wildman–Crippen MR) is 59.1 cm³/mol. The summed E-state index contributed by atoms with van der Waals surface area (Å²) in [7, 11) is 1.63. The summed E-state index contributed by atoms with van der Waals surface area (Å²) in [6.45, 7) is 5.33. The number of rotatable bonds is 10. The van der Waals surface area contributed by atoms with E-state index >= 15 is 0 Å². The van der Waals surface area contributed by atoms with E-state index in [-0.39, 0.29) is 12.3 Å². The second kappa shape index (κ2) is 10.9. The van der Waals surface area contributed by atoms with E-state index in [1.165, 1.54) is 6.92 Å². The molecule has 0 aliphatic rings. The Kier molecular flexibility index (Phi) is 10.4. The lowest BCUT2D eigenvalue weighted by molar-refractivity contribution is -0.142. The number of carbonyl (C=O) groups is 1. The first kappa shape index (κ1) is 15.3. The Labute approximate surface area is 97.0 Å². The zero-order chi connectivity index (χ0) is 12.2. The van der Waals surface area contributed by atoms with Crippen LogP contribution in [0.15, 0.2) is 0 Å². The average molecular weight is 234 g/mol. The van der Waals surface area contributed by atoms with Crippen molar-refractivity contribution in [3.63, 3.8) is 0 Å². The summed E-state index contributed by atoms with van der Waals surface area (Å²) in [5.41, 5.74) is 0. The van der Waals surface area contributed by atoms with Crippen LogP contribution in [0.1, 0.15) is 26.7 Å². The fourth-order valence-corrected chi connectivity index (χ4v) is 1.15. The lowest BCUT2D eigenvalue weighted by atomic mass is 10.3. The van der Waals surface area contributed by atoms with Crippen LogP contribution in [0.25, 0.3) is 0 Å². The van der Waals surface area contributed by atoms with E-state index < -0.39 is 0 Å². The van der Waals surface area contributed by atoms with Crippen molar-refractivity contribution < 1.29 is 23.7 Å². The first-order valence-corrected chi connectivity index (χ1v) is 5.56. The third-order valence-electron chi connectivity index (χ3n) is 1.88. The zero-order valence-electron chi connectivity index (χ0n) is 10.4. The highest BCUT2D eigenvalue weighted by atomic mass is 16.7. The smallest absolute Gasteiger partial charge is 0.302 e. The molecule has 0 aromatic heterocycles. The standard InChI is InChI=1S/C11H22O5/c1-4-15-11(13-3)6-5-7-14-8-9-16-10(2)12/h11H,4-9H2,1-3H3. The van der Waals surface area contributed by atoms with Crippen molar-refractivity contribution in [2.75, 3.05) is 33.5 Å². The van der Waals surface area contributed by atoms with Gasteiger partial charge in [-0.15, -0.1) is 0 Å². The summed E-state index contributed by atoms with van der Waals surface area (Å²) in [5, 5.41) is 0. The minimum absolute atomic E-state index is 0.151. The fourth-order valence-electron chi connectivity index (χ4n) is 1.15. The Bertz CT molecular complexity index is 172. The van der Waals surface area contributed by atoms with Crippen LogP contribution in [0.2, 0.25) is 0 Å². The van der Waals surface area contributed by atoms with Gasteiger partial charge >= 0.3 is 5.97 Å². The molecule has 0 N–H and O–H groups in total. The van der Waals surface area contributed by atoms with E-state index in [2.05, 4.69) is 0 Å². The topological polar surface area (TPSA) is 54.0 Å². The molecule has 0 heterocycles. The van der Waals surface area contributed by atoms with Gasteiger partial charge < -0.3 is 18.9 Å². The second-order valence-electron chi connectivity index (χ2n) is 3.22. The maximum absolute atomic E-state index is 10.4. The molecule has 1 atom stereocenters. The molecule has 0 amide bonds. The highest BCUT2D eigenvalue weighted by Crippen LogP contribution is 2.03. The average Bonchev–Trinajstić information content (AvgIpc) is 2.26. The van der Waals surface area contributed by atoms with Gasteiger partial charge in [-0.3, -0.25) is 4.79 Å². The molecule has 0 saturated heterocycles. The van der Waals surface area contributed by atoms with Gasteiger partial charge in [0, 0.05) is 33.7 Å².